The van der Waals surface area contributed by atoms with E-state index >= 15 is 0 Å². The number of hydrogen-bond donors (Lipinski definition) is 2. The number of halogens is 4. The number of rotatable bonds is 11. The summed E-state index contributed by atoms with van der Waals surface area (Å²) in [6.07, 6.45) is -2.95. The fraction of sp³-hybridized carbons (Fsp3) is 0.619. The lowest BCUT2D eigenvalue weighted by Gasteiger charge is -2.17. The van der Waals surface area contributed by atoms with Crippen molar-refractivity contribution in [2.45, 2.75) is 38.8 Å². The fourth-order valence-corrected chi connectivity index (χ4v) is 2.58. The van der Waals surface area contributed by atoms with E-state index in [1.807, 2.05) is 13.8 Å². The molecule has 1 amide bonds. The molecule has 0 saturated carbocycles. The molecule has 0 aliphatic rings. The Morgan fingerprint density at radius 3 is 2.52 bits per heavy atom. The van der Waals surface area contributed by atoms with E-state index < -0.39 is 11.7 Å². The molecule has 1 atom stereocenters. The van der Waals surface area contributed by atoms with Crippen molar-refractivity contribution in [3.05, 3.63) is 35.4 Å². The molecule has 1 rings (SSSR count). The average molecular weight is 558 g/mol. The summed E-state index contributed by atoms with van der Waals surface area (Å²) in [5.41, 5.74) is -0.00204. The molecule has 0 spiro atoms. The van der Waals surface area contributed by atoms with Crippen LogP contribution in [0.5, 0.6) is 0 Å². The van der Waals surface area contributed by atoms with Crippen LogP contribution in [-0.4, -0.2) is 63.7 Å². The normalized spacial score (nSPS) is 12.7. The van der Waals surface area contributed by atoms with Gasteiger partial charge in [0.15, 0.2) is 5.96 Å². The van der Waals surface area contributed by atoms with Gasteiger partial charge < -0.3 is 20.3 Å². The van der Waals surface area contributed by atoms with Crippen LogP contribution >= 0.6 is 24.0 Å². The first-order chi connectivity index (χ1) is 14.1. The zero-order chi connectivity index (χ0) is 22.6. The van der Waals surface area contributed by atoms with Gasteiger partial charge in [0, 0.05) is 40.4 Å². The van der Waals surface area contributed by atoms with Gasteiger partial charge in [0.2, 0.25) is 5.91 Å². The van der Waals surface area contributed by atoms with Gasteiger partial charge in [-0.15, -0.1) is 24.0 Å². The maximum atomic E-state index is 12.9. The Labute approximate surface area is 200 Å². The highest BCUT2D eigenvalue weighted by atomic mass is 127. The Kier molecular flexibility index (Phi) is 14.5. The van der Waals surface area contributed by atoms with Crippen LogP contribution in [0, 0.1) is 0 Å². The van der Waals surface area contributed by atoms with Gasteiger partial charge in [0.1, 0.15) is 6.54 Å². The van der Waals surface area contributed by atoms with Gasteiger partial charge in [-0.25, -0.2) is 4.99 Å². The molecule has 178 valence electrons. The van der Waals surface area contributed by atoms with E-state index in [4.69, 9.17) is 4.74 Å². The first-order valence-electron chi connectivity index (χ1n) is 10.1. The van der Waals surface area contributed by atoms with Crippen LogP contribution in [0.1, 0.15) is 43.7 Å². The first-order valence-corrected chi connectivity index (χ1v) is 10.1. The maximum absolute atomic E-state index is 12.9. The van der Waals surface area contributed by atoms with Gasteiger partial charge in [0.05, 0.1) is 5.56 Å². The molecule has 6 nitrogen and oxygen atoms in total. The molecule has 0 bridgehead atoms. The molecular formula is C21H34F3IN4O2. The van der Waals surface area contributed by atoms with E-state index in [0.29, 0.717) is 44.2 Å². The van der Waals surface area contributed by atoms with Crippen molar-refractivity contribution < 1.29 is 22.7 Å². The van der Waals surface area contributed by atoms with Crippen LogP contribution in [0.4, 0.5) is 13.2 Å². The minimum absolute atomic E-state index is 0. The van der Waals surface area contributed by atoms with Crippen molar-refractivity contribution >= 4 is 35.8 Å². The number of likely N-dealkylation sites (N-methyl/N-ethyl adjacent to an activating group) is 1. The van der Waals surface area contributed by atoms with Crippen molar-refractivity contribution in [1.29, 1.82) is 0 Å². The SMILES string of the molecule is CCOCCCNC(=NCC(=O)N(C)C)NCCC(C)c1cccc(C(F)(F)F)c1.I. The highest BCUT2D eigenvalue weighted by molar-refractivity contribution is 14.0. The van der Waals surface area contributed by atoms with E-state index in [-0.39, 0.29) is 42.3 Å². The summed E-state index contributed by atoms with van der Waals surface area (Å²) in [5, 5.41) is 6.31. The average Bonchev–Trinajstić information content (AvgIpc) is 2.70. The third-order valence-electron chi connectivity index (χ3n) is 4.49. The number of carbonyl (C=O) groups is 1. The summed E-state index contributed by atoms with van der Waals surface area (Å²) in [6, 6.07) is 5.41. The van der Waals surface area contributed by atoms with Gasteiger partial charge >= 0.3 is 6.18 Å². The summed E-state index contributed by atoms with van der Waals surface area (Å²) in [4.78, 5) is 17.6. The van der Waals surface area contributed by atoms with Crippen LogP contribution in [0.15, 0.2) is 29.3 Å². The molecule has 0 fully saturated rings. The lowest BCUT2D eigenvalue weighted by Crippen LogP contribution is -2.40. The molecule has 31 heavy (non-hydrogen) atoms. The molecular weight excluding hydrogens is 524 g/mol. The van der Waals surface area contributed by atoms with Crippen molar-refractivity contribution in [2.24, 2.45) is 4.99 Å². The molecule has 0 aliphatic heterocycles. The minimum Gasteiger partial charge on any atom is -0.382 e. The lowest BCUT2D eigenvalue weighted by atomic mass is 9.96. The molecule has 1 aromatic rings. The van der Waals surface area contributed by atoms with Crippen LogP contribution in [-0.2, 0) is 15.7 Å². The first kappa shape index (κ1) is 29.4. The van der Waals surface area contributed by atoms with Crippen LogP contribution in [0.3, 0.4) is 0 Å². The Morgan fingerprint density at radius 1 is 1.23 bits per heavy atom. The zero-order valence-electron chi connectivity index (χ0n) is 18.6. The summed E-state index contributed by atoms with van der Waals surface area (Å²) >= 11 is 0. The highest BCUT2D eigenvalue weighted by Crippen LogP contribution is 2.31. The molecule has 1 unspecified atom stereocenters. The molecule has 0 aliphatic carbocycles. The quantitative estimate of drug-likeness (QED) is 0.188. The third kappa shape index (κ3) is 12.2. The number of nitrogens with one attached hydrogen (secondary N) is 2. The number of benzene rings is 1. The van der Waals surface area contributed by atoms with E-state index in [1.165, 1.54) is 17.0 Å². The Bertz CT molecular complexity index is 685. The molecule has 0 aromatic heterocycles. The molecule has 0 radical (unpaired) electrons. The van der Waals surface area contributed by atoms with Crippen molar-refractivity contribution in [2.75, 3.05) is 46.9 Å². The number of amides is 1. The van der Waals surface area contributed by atoms with E-state index in [9.17, 15) is 18.0 Å². The Balaban J connectivity index is 0.00000900. The van der Waals surface area contributed by atoms with Gasteiger partial charge in [-0.3, -0.25) is 4.79 Å². The van der Waals surface area contributed by atoms with Crippen molar-refractivity contribution in [3.63, 3.8) is 0 Å². The van der Waals surface area contributed by atoms with E-state index in [2.05, 4.69) is 15.6 Å². The van der Waals surface area contributed by atoms with Crippen LogP contribution in [0.2, 0.25) is 0 Å². The van der Waals surface area contributed by atoms with Crippen molar-refractivity contribution in [3.8, 4) is 0 Å². The lowest BCUT2D eigenvalue weighted by molar-refractivity contribution is -0.137. The summed E-state index contributed by atoms with van der Waals surface area (Å²) in [7, 11) is 3.33. The minimum atomic E-state index is -4.35. The zero-order valence-corrected chi connectivity index (χ0v) is 20.9. The number of guanidine groups is 1. The van der Waals surface area contributed by atoms with Gasteiger partial charge in [-0.1, -0.05) is 25.1 Å². The van der Waals surface area contributed by atoms with Gasteiger partial charge in [-0.05, 0) is 37.3 Å². The standard InChI is InChI=1S/C21H33F3N4O2.HI/c1-5-30-13-7-11-25-20(27-15-19(29)28(3)4)26-12-10-16(2)17-8-6-9-18(14-17)21(22,23)24;/h6,8-9,14,16H,5,7,10-13,15H2,1-4H3,(H2,25,26,27);1H. The summed E-state index contributed by atoms with van der Waals surface area (Å²) in [5.74, 6) is 0.308. The molecule has 0 saturated heterocycles. The molecule has 0 heterocycles. The topological polar surface area (TPSA) is 66.0 Å². The number of carbonyl (C=O) groups excluding carboxylic acids is 1. The fourth-order valence-electron chi connectivity index (χ4n) is 2.58. The predicted octanol–water partition coefficient (Wildman–Crippen LogP) is 3.87. The second-order valence-electron chi connectivity index (χ2n) is 7.17. The second kappa shape index (κ2) is 15.3. The van der Waals surface area contributed by atoms with E-state index in [1.54, 1.807) is 20.2 Å². The monoisotopic (exact) mass is 558 g/mol. The summed E-state index contributed by atoms with van der Waals surface area (Å²) < 4.78 is 44.0. The highest BCUT2D eigenvalue weighted by Gasteiger charge is 2.30. The molecule has 10 heteroatoms. The largest absolute Gasteiger partial charge is 0.416 e. The Morgan fingerprint density at radius 2 is 1.90 bits per heavy atom. The number of ether oxygens (including phenoxy) is 1. The van der Waals surface area contributed by atoms with E-state index in [0.717, 1.165) is 12.5 Å². The van der Waals surface area contributed by atoms with Crippen molar-refractivity contribution in [1.82, 2.24) is 15.5 Å². The number of aliphatic imine (C=N–C) groups is 1. The smallest absolute Gasteiger partial charge is 0.382 e. The third-order valence-corrected chi connectivity index (χ3v) is 4.49. The van der Waals surface area contributed by atoms with Gasteiger partial charge in [0.25, 0.3) is 0 Å². The molecule has 1 aromatic carbocycles. The summed E-state index contributed by atoms with van der Waals surface area (Å²) in [6.45, 7) is 6.25. The van der Waals surface area contributed by atoms with Crippen LogP contribution in [0.25, 0.3) is 0 Å². The second-order valence-corrected chi connectivity index (χ2v) is 7.17. The number of nitrogens with zero attached hydrogens (tertiary/aromatic N) is 2. The Hall–Kier alpha value is -1.56. The predicted molar refractivity (Wildman–Crippen MR) is 128 cm³/mol. The van der Waals surface area contributed by atoms with Crippen LogP contribution < -0.4 is 10.6 Å². The number of alkyl halides is 3. The molecule has 2 N–H and O–H groups in total. The van der Waals surface area contributed by atoms with Gasteiger partial charge in [-0.2, -0.15) is 13.2 Å². The maximum Gasteiger partial charge on any atom is 0.416 e. The number of hydrogen-bond acceptors (Lipinski definition) is 3.